The van der Waals surface area contributed by atoms with Gasteiger partial charge in [0.15, 0.2) is 11.5 Å². The van der Waals surface area contributed by atoms with Crippen molar-refractivity contribution in [1.82, 2.24) is 10.2 Å². The number of methoxy groups -OCH3 is 2. The Hall–Kier alpha value is -2.51. The van der Waals surface area contributed by atoms with Crippen molar-refractivity contribution >= 4 is 35.0 Å². The lowest BCUT2D eigenvalue weighted by atomic mass is 10.0. The van der Waals surface area contributed by atoms with Crippen LogP contribution in [0, 0.1) is 5.82 Å². The lowest BCUT2D eigenvalue weighted by Gasteiger charge is -2.33. The van der Waals surface area contributed by atoms with E-state index in [-0.39, 0.29) is 29.4 Å². The molecule has 2 amide bonds. The molecule has 2 aromatic rings. The summed E-state index contributed by atoms with van der Waals surface area (Å²) in [4.78, 5) is 28.2. The summed E-state index contributed by atoms with van der Waals surface area (Å²) in [5.41, 5.74) is 1.24. The number of alkyl halides is 1. The summed E-state index contributed by atoms with van der Waals surface area (Å²) in [6, 6.07) is 8.30. The Labute approximate surface area is 222 Å². The minimum Gasteiger partial charge on any atom is -0.493 e. The molecular weight excluding hydrogens is 506 g/mol. The Kier molecular flexibility index (Phi) is 10.7. The van der Waals surface area contributed by atoms with Crippen LogP contribution >= 0.6 is 23.2 Å². The Bertz CT molecular complexity index is 1040. The number of rotatable bonds is 10. The number of nitrogens with one attached hydrogen (secondary N) is 1. The predicted octanol–water partition coefficient (Wildman–Crippen LogP) is 5.69. The van der Waals surface area contributed by atoms with Crippen molar-refractivity contribution in [3.8, 4) is 11.5 Å². The molecule has 0 aliphatic heterocycles. The van der Waals surface area contributed by atoms with Gasteiger partial charge in [0.05, 0.1) is 14.2 Å². The number of amides is 2. The zero-order valence-electron chi connectivity index (χ0n) is 20.7. The fourth-order valence-corrected chi connectivity index (χ4v) is 5.06. The molecule has 0 aromatic heterocycles. The van der Waals surface area contributed by atoms with Gasteiger partial charge in [-0.3, -0.25) is 9.59 Å². The van der Waals surface area contributed by atoms with E-state index in [4.69, 9.17) is 32.7 Å². The summed E-state index contributed by atoms with van der Waals surface area (Å²) in [6.45, 7) is 0.192. The molecule has 1 saturated carbocycles. The van der Waals surface area contributed by atoms with E-state index in [1.807, 2.05) is 12.1 Å². The van der Waals surface area contributed by atoms with Crippen molar-refractivity contribution in [1.29, 1.82) is 0 Å². The zero-order valence-corrected chi connectivity index (χ0v) is 22.2. The third-order valence-electron chi connectivity index (χ3n) is 6.54. The van der Waals surface area contributed by atoms with Crippen molar-refractivity contribution in [2.45, 2.75) is 57.0 Å². The topological polar surface area (TPSA) is 67.9 Å². The first-order chi connectivity index (χ1) is 17.4. The maximum atomic E-state index is 13.8. The molecule has 1 N–H and O–H groups in total. The molecule has 0 saturated heterocycles. The molecule has 1 aliphatic carbocycles. The number of nitrogens with zero attached hydrogens (tertiary/aromatic N) is 1. The molecule has 0 heterocycles. The van der Waals surface area contributed by atoms with Crippen molar-refractivity contribution in [3.05, 3.63) is 58.4 Å². The maximum Gasteiger partial charge on any atom is 0.247 e. The van der Waals surface area contributed by atoms with Gasteiger partial charge < -0.3 is 19.7 Å². The Morgan fingerprint density at radius 2 is 1.75 bits per heavy atom. The van der Waals surface area contributed by atoms with Gasteiger partial charge in [0.25, 0.3) is 0 Å². The molecule has 3 rings (SSSR count). The number of carbonyl (C=O) groups excluding carboxylic acids is 2. The smallest absolute Gasteiger partial charge is 0.247 e. The summed E-state index contributed by atoms with van der Waals surface area (Å²) in [7, 11) is 3.11. The zero-order chi connectivity index (χ0) is 26.1. The van der Waals surface area contributed by atoms with Crippen LogP contribution < -0.4 is 14.8 Å². The van der Waals surface area contributed by atoms with Crippen molar-refractivity contribution < 1.29 is 23.5 Å². The molecule has 0 unspecified atom stereocenters. The van der Waals surface area contributed by atoms with Crippen LogP contribution in [0.4, 0.5) is 4.39 Å². The second-order valence-corrected chi connectivity index (χ2v) is 9.60. The number of hydrogen-bond acceptors (Lipinski definition) is 4. The van der Waals surface area contributed by atoms with E-state index in [1.54, 1.807) is 20.3 Å². The lowest BCUT2D eigenvalue weighted by Crippen LogP contribution is -2.47. The lowest BCUT2D eigenvalue weighted by molar-refractivity contribution is -0.139. The number of carbonyl (C=O) groups is 2. The predicted molar refractivity (Wildman–Crippen MR) is 139 cm³/mol. The summed E-state index contributed by atoms with van der Waals surface area (Å²) in [6.07, 6.45) is 6.54. The Balaban J connectivity index is 1.92. The van der Waals surface area contributed by atoms with Crippen LogP contribution in [0.25, 0.3) is 0 Å². The standard InChI is InChI=1S/C27H33Cl2FN2O4/c1-35-23-12-9-18(15-24(23)36-2)13-14-32(25(33)17-28)26(21-11-10-19(30)16-22(21)29)27(34)31-20-7-5-3-4-6-8-20/h9-12,15-16,20,26H,3-8,13-14,17H2,1-2H3,(H,31,34)/t26-/m0/s1. The van der Waals surface area contributed by atoms with Gasteiger partial charge in [-0.1, -0.05) is 49.4 Å². The average molecular weight is 539 g/mol. The molecule has 0 spiro atoms. The largest absolute Gasteiger partial charge is 0.493 e. The van der Waals surface area contributed by atoms with Gasteiger partial charge in [-0.05, 0) is 49.1 Å². The van der Waals surface area contributed by atoms with Gasteiger partial charge >= 0.3 is 0 Å². The quantitative estimate of drug-likeness (QED) is 0.311. The number of ether oxygens (including phenoxy) is 2. The fraction of sp³-hybridized carbons (Fsp3) is 0.481. The monoisotopic (exact) mass is 538 g/mol. The highest BCUT2D eigenvalue weighted by Crippen LogP contribution is 2.32. The molecule has 9 heteroatoms. The van der Waals surface area contributed by atoms with Crippen molar-refractivity contribution in [2.24, 2.45) is 0 Å². The number of hydrogen-bond donors (Lipinski definition) is 1. The van der Waals surface area contributed by atoms with Crippen LogP contribution in [0.2, 0.25) is 5.02 Å². The highest BCUT2D eigenvalue weighted by Gasteiger charge is 2.33. The highest BCUT2D eigenvalue weighted by molar-refractivity contribution is 6.31. The van der Waals surface area contributed by atoms with E-state index < -0.39 is 17.8 Å². The number of benzene rings is 2. The van der Waals surface area contributed by atoms with E-state index in [0.29, 0.717) is 23.5 Å². The molecule has 2 aromatic carbocycles. The van der Waals surface area contributed by atoms with Crippen LogP contribution in [0.5, 0.6) is 11.5 Å². The van der Waals surface area contributed by atoms with Crippen LogP contribution in [0.3, 0.4) is 0 Å². The van der Waals surface area contributed by atoms with Crippen LogP contribution in [0.1, 0.15) is 55.7 Å². The molecule has 0 radical (unpaired) electrons. The maximum absolute atomic E-state index is 13.8. The molecule has 36 heavy (non-hydrogen) atoms. The van der Waals surface area contributed by atoms with Crippen LogP contribution in [-0.2, 0) is 16.0 Å². The van der Waals surface area contributed by atoms with E-state index in [0.717, 1.165) is 50.2 Å². The summed E-state index contributed by atoms with van der Waals surface area (Å²) >= 11 is 12.4. The molecule has 0 bridgehead atoms. The van der Waals surface area contributed by atoms with E-state index in [9.17, 15) is 14.0 Å². The van der Waals surface area contributed by atoms with E-state index in [2.05, 4.69) is 5.32 Å². The second kappa shape index (κ2) is 13.7. The Morgan fingerprint density at radius 1 is 1.06 bits per heavy atom. The first-order valence-electron chi connectivity index (χ1n) is 12.2. The molecule has 196 valence electrons. The van der Waals surface area contributed by atoms with Crippen LogP contribution in [-0.4, -0.2) is 49.4 Å². The number of halogens is 3. The van der Waals surface area contributed by atoms with Crippen molar-refractivity contribution in [2.75, 3.05) is 26.6 Å². The molecule has 1 fully saturated rings. The molecule has 1 aliphatic rings. The third-order valence-corrected chi connectivity index (χ3v) is 7.10. The molecular formula is C27H33Cl2FN2O4. The van der Waals surface area contributed by atoms with Gasteiger partial charge in [0.1, 0.15) is 17.7 Å². The molecule has 1 atom stereocenters. The SMILES string of the molecule is COc1ccc(CCN(C(=O)CCl)[C@H](C(=O)NC2CCCCCC2)c2ccc(F)cc2Cl)cc1OC. The van der Waals surface area contributed by atoms with Crippen LogP contribution in [0.15, 0.2) is 36.4 Å². The average Bonchev–Trinajstić information content (AvgIpc) is 3.15. The van der Waals surface area contributed by atoms with Crippen molar-refractivity contribution in [3.63, 3.8) is 0 Å². The summed E-state index contributed by atoms with van der Waals surface area (Å²) in [5, 5.41) is 3.20. The minimum atomic E-state index is -1.05. The van der Waals surface area contributed by atoms with Gasteiger partial charge in [0, 0.05) is 23.2 Å². The fourth-order valence-electron chi connectivity index (χ4n) is 4.64. The third kappa shape index (κ3) is 7.26. The summed E-state index contributed by atoms with van der Waals surface area (Å²) < 4.78 is 24.5. The highest BCUT2D eigenvalue weighted by atomic mass is 35.5. The Morgan fingerprint density at radius 3 is 2.36 bits per heavy atom. The second-order valence-electron chi connectivity index (χ2n) is 8.93. The first-order valence-corrected chi connectivity index (χ1v) is 13.1. The van der Waals surface area contributed by atoms with Gasteiger partial charge in [-0.25, -0.2) is 4.39 Å². The summed E-state index contributed by atoms with van der Waals surface area (Å²) in [5.74, 6) is -0.437. The van der Waals surface area contributed by atoms with Gasteiger partial charge in [0.2, 0.25) is 11.8 Å². The minimum absolute atomic E-state index is 0.0144. The van der Waals surface area contributed by atoms with E-state index in [1.165, 1.54) is 17.0 Å². The normalized spacial score (nSPS) is 15.0. The van der Waals surface area contributed by atoms with Gasteiger partial charge in [-0.15, -0.1) is 11.6 Å². The molecule has 6 nitrogen and oxygen atoms in total. The first kappa shape index (κ1) is 28.1. The van der Waals surface area contributed by atoms with Gasteiger partial charge in [-0.2, -0.15) is 0 Å². The van der Waals surface area contributed by atoms with E-state index >= 15 is 0 Å².